The highest BCUT2D eigenvalue weighted by Gasteiger charge is 2.52. The molecule has 2 aliphatic rings. The van der Waals surface area contributed by atoms with Crippen molar-refractivity contribution in [3.8, 4) is 0 Å². The smallest absolute Gasteiger partial charge is 0.408 e. The summed E-state index contributed by atoms with van der Waals surface area (Å²) < 4.78 is 10.1. The largest absolute Gasteiger partial charge is 0.457 e. The van der Waals surface area contributed by atoms with Crippen LogP contribution in [0, 0.1) is 0 Å². The maximum atomic E-state index is 11.3. The highest BCUT2D eigenvalue weighted by atomic mass is 16.6. The van der Waals surface area contributed by atoms with Gasteiger partial charge < -0.3 is 14.8 Å². The van der Waals surface area contributed by atoms with E-state index in [4.69, 9.17) is 9.47 Å². The van der Waals surface area contributed by atoms with Crippen molar-refractivity contribution >= 4 is 12.1 Å². The van der Waals surface area contributed by atoms with Gasteiger partial charge in [-0.05, 0) is 19.3 Å². The molecule has 5 nitrogen and oxygen atoms in total. The zero-order chi connectivity index (χ0) is 10.8. The molecule has 5 heteroatoms. The topological polar surface area (TPSA) is 64.6 Å². The van der Waals surface area contributed by atoms with Gasteiger partial charge in [-0.15, -0.1) is 6.58 Å². The van der Waals surface area contributed by atoms with Gasteiger partial charge >= 0.3 is 12.1 Å². The Bertz CT molecular complexity index is 302. The van der Waals surface area contributed by atoms with Gasteiger partial charge in [0.25, 0.3) is 0 Å². The second-order valence-corrected chi connectivity index (χ2v) is 3.69. The monoisotopic (exact) mass is 211 g/mol. The molecule has 0 unspecified atom stereocenters. The molecule has 82 valence electrons. The molecule has 2 rings (SSSR count). The first-order valence-corrected chi connectivity index (χ1v) is 5.01. The molecule has 2 heterocycles. The summed E-state index contributed by atoms with van der Waals surface area (Å²) >= 11 is 0. The number of alkyl carbamates (subject to hydrolysis) is 1. The van der Waals surface area contributed by atoms with Gasteiger partial charge in [0.15, 0.2) is 12.1 Å². The van der Waals surface area contributed by atoms with Crippen molar-refractivity contribution in [2.75, 3.05) is 0 Å². The van der Waals surface area contributed by atoms with Gasteiger partial charge in [0.2, 0.25) is 0 Å². The van der Waals surface area contributed by atoms with Crippen LogP contribution in [0.2, 0.25) is 0 Å². The molecule has 0 aromatic carbocycles. The van der Waals surface area contributed by atoms with Crippen LogP contribution in [0.15, 0.2) is 12.7 Å². The Morgan fingerprint density at radius 1 is 1.40 bits per heavy atom. The third-order valence-corrected chi connectivity index (χ3v) is 2.63. The van der Waals surface area contributed by atoms with Crippen molar-refractivity contribution in [3.63, 3.8) is 0 Å². The number of unbranched alkanes of at least 4 members (excludes halogenated alkanes) is 1. The molecule has 0 bridgehead atoms. The zero-order valence-electron chi connectivity index (χ0n) is 8.27. The number of carbonyl (C=O) groups excluding carboxylic acids is 2. The van der Waals surface area contributed by atoms with Crippen molar-refractivity contribution in [2.24, 2.45) is 0 Å². The predicted molar refractivity (Wildman–Crippen MR) is 51.1 cm³/mol. The van der Waals surface area contributed by atoms with E-state index in [1.54, 1.807) is 0 Å². The average molecular weight is 211 g/mol. The van der Waals surface area contributed by atoms with Gasteiger partial charge in [-0.1, -0.05) is 6.08 Å². The molecule has 0 aromatic heterocycles. The number of hydrogen-bond donors (Lipinski definition) is 1. The second kappa shape index (κ2) is 3.92. The van der Waals surface area contributed by atoms with Crippen LogP contribution in [-0.2, 0) is 14.3 Å². The van der Waals surface area contributed by atoms with Crippen molar-refractivity contribution in [3.05, 3.63) is 12.7 Å². The predicted octanol–water partition coefficient (Wildman–Crippen LogP) is 0.745. The van der Waals surface area contributed by atoms with E-state index in [0.717, 1.165) is 12.8 Å². The number of rotatable bonds is 4. The number of allylic oxidation sites excluding steroid dienone is 1. The Morgan fingerprint density at radius 2 is 2.20 bits per heavy atom. The third kappa shape index (κ3) is 1.82. The van der Waals surface area contributed by atoms with Gasteiger partial charge in [-0.3, -0.25) is 0 Å². The molecule has 2 saturated heterocycles. The van der Waals surface area contributed by atoms with Gasteiger partial charge in [-0.25, -0.2) is 9.59 Å². The van der Waals surface area contributed by atoms with Crippen LogP contribution in [0.3, 0.4) is 0 Å². The Balaban J connectivity index is 1.93. The number of carbonyl (C=O) groups is 2. The summed E-state index contributed by atoms with van der Waals surface area (Å²) in [5, 5.41) is 2.43. The van der Waals surface area contributed by atoms with Gasteiger partial charge in [0, 0.05) is 0 Å². The van der Waals surface area contributed by atoms with E-state index in [2.05, 4.69) is 11.9 Å². The van der Waals surface area contributed by atoms with Crippen molar-refractivity contribution < 1.29 is 19.1 Å². The van der Waals surface area contributed by atoms with Gasteiger partial charge in [0.05, 0.1) is 0 Å². The highest BCUT2D eigenvalue weighted by Crippen LogP contribution is 2.27. The maximum absolute atomic E-state index is 11.3. The molecule has 0 aliphatic carbocycles. The number of hydrogen-bond acceptors (Lipinski definition) is 4. The number of nitrogens with one attached hydrogen (secondary N) is 1. The first-order valence-electron chi connectivity index (χ1n) is 5.01. The fourth-order valence-electron chi connectivity index (χ4n) is 1.89. The van der Waals surface area contributed by atoms with Crippen molar-refractivity contribution in [1.82, 2.24) is 5.32 Å². The molecule has 0 saturated carbocycles. The Labute approximate surface area is 87.4 Å². The normalized spacial score (nSPS) is 32.9. The van der Waals surface area contributed by atoms with Gasteiger partial charge in [-0.2, -0.15) is 0 Å². The van der Waals surface area contributed by atoms with E-state index >= 15 is 0 Å². The minimum Gasteiger partial charge on any atom is -0.457 e. The summed E-state index contributed by atoms with van der Waals surface area (Å²) in [4.78, 5) is 22.2. The van der Waals surface area contributed by atoms with Crippen molar-refractivity contribution in [1.29, 1.82) is 0 Å². The van der Waals surface area contributed by atoms with E-state index in [-0.39, 0.29) is 6.10 Å². The van der Waals surface area contributed by atoms with Crippen LogP contribution in [-0.4, -0.2) is 30.3 Å². The first kappa shape index (κ1) is 10.0. The summed E-state index contributed by atoms with van der Waals surface area (Å²) in [6.45, 7) is 3.61. The van der Waals surface area contributed by atoms with E-state index in [0.29, 0.717) is 6.42 Å². The highest BCUT2D eigenvalue weighted by molar-refractivity contribution is 5.87. The molecule has 0 spiro atoms. The van der Waals surface area contributed by atoms with Crippen LogP contribution in [0.5, 0.6) is 0 Å². The molecule has 1 amide bonds. The second-order valence-electron chi connectivity index (χ2n) is 3.69. The van der Waals surface area contributed by atoms with E-state index in [1.165, 1.54) is 0 Å². The maximum Gasteiger partial charge on any atom is 0.408 e. The molecule has 3 atom stereocenters. The lowest BCUT2D eigenvalue weighted by Crippen LogP contribution is -2.35. The quantitative estimate of drug-likeness (QED) is 0.423. The molecule has 15 heavy (non-hydrogen) atoms. The van der Waals surface area contributed by atoms with Crippen LogP contribution < -0.4 is 5.32 Å². The molecular weight excluding hydrogens is 198 g/mol. The fraction of sp³-hybridized carbons (Fsp3) is 0.600. The summed E-state index contributed by atoms with van der Waals surface area (Å²) in [6.07, 6.45) is 2.97. The molecule has 0 aromatic rings. The van der Waals surface area contributed by atoms with E-state index in [9.17, 15) is 9.59 Å². The fourth-order valence-corrected chi connectivity index (χ4v) is 1.89. The molecule has 2 aliphatic heterocycles. The summed E-state index contributed by atoms with van der Waals surface area (Å²) in [7, 11) is 0. The molecule has 0 radical (unpaired) electrons. The minimum absolute atomic E-state index is 0.304. The van der Waals surface area contributed by atoms with Crippen LogP contribution in [0.4, 0.5) is 4.79 Å². The number of cyclic esters (lactones) is 1. The SMILES string of the molecule is C=CCCC[C@@H]1OC(=O)[C@@H]2NC(=O)O[C@H]12. The van der Waals surface area contributed by atoms with E-state index < -0.39 is 24.2 Å². The molecule has 1 N–H and O–H groups in total. The van der Waals surface area contributed by atoms with Crippen LogP contribution in [0.25, 0.3) is 0 Å². The van der Waals surface area contributed by atoms with Crippen LogP contribution in [0.1, 0.15) is 19.3 Å². The van der Waals surface area contributed by atoms with Gasteiger partial charge in [0.1, 0.15) is 6.10 Å². The number of amides is 1. The summed E-state index contributed by atoms with van der Waals surface area (Å²) in [5.41, 5.74) is 0. The average Bonchev–Trinajstić information content (AvgIpc) is 2.69. The Kier molecular flexibility index (Phi) is 2.62. The minimum atomic E-state index is -0.605. The third-order valence-electron chi connectivity index (χ3n) is 2.63. The lowest BCUT2D eigenvalue weighted by Gasteiger charge is -2.13. The van der Waals surface area contributed by atoms with E-state index in [1.807, 2.05) is 6.08 Å². The van der Waals surface area contributed by atoms with Crippen LogP contribution >= 0.6 is 0 Å². The standard InChI is InChI=1S/C10H13NO4/c1-2-3-4-5-6-8-7(9(12)14-6)11-10(13)15-8/h2,6-8H,1,3-5H2,(H,11,13)/t6-,7+,8+/m0/s1. The zero-order valence-corrected chi connectivity index (χ0v) is 8.27. The van der Waals surface area contributed by atoms with Crippen molar-refractivity contribution in [2.45, 2.75) is 37.5 Å². The molecule has 2 fully saturated rings. The number of ether oxygens (including phenoxy) is 2. The lowest BCUT2D eigenvalue weighted by molar-refractivity contribution is -0.143. The molecular formula is C10H13NO4. The Morgan fingerprint density at radius 3 is 2.93 bits per heavy atom. The summed E-state index contributed by atoms with van der Waals surface area (Å²) in [5.74, 6) is -0.394. The summed E-state index contributed by atoms with van der Waals surface area (Å²) in [6, 6.07) is -0.605. The number of fused-ring (bicyclic) bond motifs is 1. The Hall–Kier alpha value is -1.52. The first-order chi connectivity index (χ1) is 7.22. The lowest BCUT2D eigenvalue weighted by atomic mass is 10.0. The number of esters is 1.